The summed E-state index contributed by atoms with van der Waals surface area (Å²) in [6.45, 7) is 7.37. The van der Waals surface area contributed by atoms with E-state index in [4.69, 9.17) is 4.74 Å². The maximum atomic E-state index is 5.62. The zero-order valence-electron chi connectivity index (χ0n) is 12.5. The van der Waals surface area contributed by atoms with Gasteiger partial charge in [-0.15, -0.1) is 0 Å². The van der Waals surface area contributed by atoms with Crippen LogP contribution in [0.25, 0.3) is 10.9 Å². The van der Waals surface area contributed by atoms with Gasteiger partial charge in [0.15, 0.2) is 0 Å². The van der Waals surface area contributed by atoms with E-state index in [-0.39, 0.29) is 0 Å². The van der Waals surface area contributed by atoms with Crippen LogP contribution in [0.15, 0.2) is 18.2 Å². The Morgan fingerprint density at radius 3 is 3.00 bits per heavy atom. The highest BCUT2D eigenvalue weighted by Crippen LogP contribution is 2.27. The van der Waals surface area contributed by atoms with E-state index in [2.05, 4.69) is 33.4 Å². The number of ether oxygens (including phenoxy) is 1. The Morgan fingerprint density at radius 1 is 1.19 bits per heavy atom. The van der Waals surface area contributed by atoms with Crippen molar-refractivity contribution in [3.05, 3.63) is 35.0 Å². The van der Waals surface area contributed by atoms with Crippen LogP contribution in [0.5, 0.6) is 0 Å². The summed E-state index contributed by atoms with van der Waals surface area (Å²) in [6, 6.07) is 6.87. The Morgan fingerprint density at radius 2 is 2.10 bits per heavy atom. The first-order chi connectivity index (χ1) is 10.4. The second-order valence-electron chi connectivity index (χ2n) is 6.11. The van der Waals surface area contributed by atoms with Crippen molar-refractivity contribution in [2.75, 3.05) is 39.3 Å². The predicted octanol–water partition coefficient (Wildman–Crippen LogP) is 1.69. The molecule has 2 N–H and O–H groups in total. The van der Waals surface area contributed by atoms with E-state index in [9.17, 15) is 0 Å². The van der Waals surface area contributed by atoms with Crippen LogP contribution in [0.3, 0.4) is 0 Å². The van der Waals surface area contributed by atoms with Crippen LogP contribution in [-0.2, 0) is 24.2 Å². The molecule has 21 heavy (non-hydrogen) atoms. The lowest BCUT2D eigenvalue weighted by Crippen LogP contribution is -2.44. The lowest BCUT2D eigenvalue weighted by atomic mass is 10.0. The zero-order valence-corrected chi connectivity index (χ0v) is 12.5. The van der Waals surface area contributed by atoms with Crippen molar-refractivity contribution in [2.45, 2.75) is 19.4 Å². The van der Waals surface area contributed by atoms with Crippen LogP contribution in [0.1, 0.15) is 16.8 Å². The fraction of sp³-hybridized carbons (Fsp3) is 0.529. The van der Waals surface area contributed by atoms with Gasteiger partial charge >= 0.3 is 0 Å². The number of nitrogens with one attached hydrogen (secondary N) is 2. The number of hydrogen-bond donors (Lipinski definition) is 2. The molecule has 4 rings (SSSR count). The second kappa shape index (κ2) is 5.79. The number of nitrogens with zero attached hydrogens (tertiary/aromatic N) is 1. The van der Waals surface area contributed by atoms with Crippen LogP contribution < -0.4 is 5.32 Å². The monoisotopic (exact) mass is 285 g/mol. The lowest BCUT2D eigenvalue weighted by Gasteiger charge is -2.27. The number of benzene rings is 1. The van der Waals surface area contributed by atoms with E-state index >= 15 is 0 Å². The summed E-state index contributed by atoms with van der Waals surface area (Å²) in [5.41, 5.74) is 5.45. The highest BCUT2D eigenvalue weighted by Gasteiger charge is 2.16. The molecule has 4 heteroatoms. The molecule has 2 aliphatic rings. The highest BCUT2D eigenvalue weighted by molar-refractivity contribution is 5.85. The van der Waals surface area contributed by atoms with Crippen molar-refractivity contribution >= 4 is 10.9 Å². The number of aromatic nitrogens is 1. The van der Waals surface area contributed by atoms with Crippen molar-refractivity contribution in [1.29, 1.82) is 0 Å². The van der Waals surface area contributed by atoms with Crippen LogP contribution in [0.2, 0.25) is 0 Å². The molecule has 0 unspecified atom stereocenters. The molecule has 2 aliphatic heterocycles. The number of H-pyrrole nitrogens is 1. The van der Waals surface area contributed by atoms with E-state index in [1.54, 1.807) is 0 Å². The number of rotatable bonds is 3. The third-order valence-corrected chi connectivity index (χ3v) is 4.73. The number of fused-ring (bicyclic) bond motifs is 3. The summed E-state index contributed by atoms with van der Waals surface area (Å²) in [6.07, 6.45) is 2.15. The molecule has 1 aromatic heterocycles. The fourth-order valence-electron chi connectivity index (χ4n) is 3.45. The normalized spacial score (nSPS) is 19.8. The van der Waals surface area contributed by atoms with Gasteiger partial charge < -0.3 is 19.9 Å². The second-order valence-corrected chi connectivity index (χ2v) is 6.11. The topological polar surface area (TPSA) is 40.3 Å². The van der Waals surface area contributed by atoms with Crippen molar-refractivity contribution < 1.29 is 4.74 Å². The number of hydrogen-bond acceptors (Lipinski definition) is 3. The summed E-state index contributed by atoms with van der Waals surface area (Å²) in [4.78, 5) is 6.10. The Labute approximate surface area is 125 Å². The first kappa shape index (κ1) is 13.3. The van der Waals surface area contributed by atoms with Crippen LogP contribution in [-0.4, -0.2) is 49.2 Å². The molecule has 0 saturated carbocycles. The number of aromatic amines is 1. The molecule has 3 heterocycles. The fourth-order valence-corrected chi connectivity index (χ4v) is 3.45. The Hall–Kier alpha value is -1.36. The van der Waals surface area contributed by atoms with Gasteiger partial charge in [0.2, 0.25) is 0 Å². The summed E-state index contributed by atoms with van der Waals surface area (Å²) in [5.74, 6) is 0. The van der Waals surface area contributed by atoms with Gasteiger partial charge in [0.25, 0.3) is 0 Å². The van der Waals surface area contributed by atoms with Crippen LogP contribution in [0, 0.1) is 0 Å². The van der Waals surface area contributed by atoms with Crippen molar-refractivity contribution in [1.82, 2.24) is 15.2 Å². The Kier molecular flexibility index (Phi) is 3.67. The highest BCUT2D eigenvalue weighted by atomic mass is 16.5. The maximum absolute atomic E-state index is 5.62. The van der Waals surface area contributed by atoms with Crippen molar-refractivity contribution in [3.63, 3.8) is 0 Å². The summed E-state index contributed by atoms with van der Waals surface area (Å²) in [7, 11) is 0. The van der Waals surface area contributed by atoms with Crippen LogP contribution in [0.4, 0.5) is 0 Å². The van der Waals surface area contributed by atoms with Gasteiger partial charge in [-0.2, -0.15) is 0 Å². The maximum Gasteiger partial charge on any atom is 0.0740 e. The molecule has 4 nitrogen and oxygen atoms in total. The lowest BCUT2D eigenvalue weighted by molar-refractivity contribution is 0.111. The molecule has 1 fully saturated rings. The molecule has 0 aliphatic carbocycles. The van der Waals surface area contributed by atoms with Gasteiger partial charge in [-0.25, -0.2) is 0 Å². The number of piperazine rings is 1. The molecule has 0 amide bonds. The van der Waals surface area contributed by atoms with E-state index in [1.165, 1.54) is 40.8 Å². The SMILES string of the molecule is c1cc2[nH]c3c(c2cc1CCN1CCNCC1)COCC3. The Bertz CT molecular complexity index is 628. The largest absolute Gasteiger partial charge is 0.376 e. The minimum Gasteiger partial charge on any atom is -0.376 e. The van der Waals surface area contributed by atoms with E-state index in [0.29, 0.717) is 0 Å². The molecule has 1 saturated heterocycles. The first-order valence-corrected chi connectivity index (χ1v) is 8.03. The van der Waals surface area contributed by atoms with Gasteiger partial charge in [0.05, 0.1) is 13.2 Å². The standard InChI is InChI=1S/C17H23N3O/c1-2-16-14(15-12-21-10-4-17(15)19-16)11-13(1)3-7-20-8-5-18-6-9-20/h1-2,11,18-19H,3-10,12H2. The van der Waals surface area contributed by atoms with Gasteiger partial charge in [-0.3, -0.25) is 0 Å². The van der Waals surface area contributed by atoms with Crippen LogP contribution >= 0.6 is 0 Å². The molecule has 0 radical (unpaired) electrons. The minimum absolute atomic E-state index is 0.760. The van der Waals surface area contributed by atoms with Crippen molar-refractivity contribution in [2.24, 2.45) is 0 Å². The molecule has 2 aromatic rings. The van der Waals surface area contributed by atoms with E-state index in [0.717, 1.165) is 45.7 Å². The predicted molar refractivity (Wildman–Crippen MR) is 84.7 cm³/mol. The summed E-state index contributed by atoms with van der Waals surface area (Å²) < 4.78 is 5.62. The quantitative estimate of drug-likeness (QED) is 0.901. The zero-order chi connectivity index (χ0) is 14.1. The van der Waals surface area contributed by atoms with E-state index in [1.807, 2.05) is 0 Å². The molecule has 112 valence electrons. The average Bonchev–Trinajstić information content (AvgIpc) is 2.92. The first-order valence-electron chi connectivity index (χ1n) is 8.03. The molecule has 0 bridgehead atoms. The van der Waals surface area contributed by atoms with E-state index < -0.39 is 0 Å². The molecule has 0 spiro atoms. The minimum atomic E-state index is 0.760. The van der Waals surface area contributed by atoms with Gasteiger partial charge in [-0.1, -0.05) is 6.07 Å². The average molecular weight is 285 g/mol. The van der Waals surface area contributed by atoms with Crippen molar-refractivity contribution in [3.8, 4) is 0 Å². The van der Waals surface area contributed by atoms with Gasteiger partial charge in [0, 0.05) is 61.3 Å². The van der Waals surface area contributed by atoms with Gasteiger partial charge in [-0.05, 0) is 24.1 Å². The molecule has 1 aromatic carbocycles. The third kappa shape index (κ3) is 2.71. The summed E-state index contributed by atoms with van der Waals surface area (Å²) >= 11 is 0. The molecular formula is C17H23N3O. The van der Waals surface area contributed by atoms with Gasteiger partial charge in [0.1, 0.15) is 0 Å². The summed E-state index contributed by atoms with van der Waals surface area (Å²) in [5, 5.41) is 4.77. The molecular weight excluding hydrogens is 262 g/mol. The molecule has 0 atom stereocenters. The third-order valence-electron chi connectivity index (χ3n) is 4.73. The Balaban J connectivity index is 1.52. The smallest absolute Gasteiger partial charge is 0.0740 e.